The second kappa shape index (κ2) is 3.59. The minimum atomic E-state index is 0.608. The van der Waals surface area contributed by atoms with E-state index in [4.69, 9.17) is 0 Å². The van der Waals surface area contributed by atoms with Gasteiger partial charge in [-0.3, -0.25) is 0 Å². The van der Waals surface area contributed by atoms with E-state index in [1.165, 1.54) is 38.9 Å². The molecule has 0 amide bonds. The molecule has 0 spiro atoms. The largest absolute Gasteiger partial charge is 0.320 e. The second-order valence-corrected chi connectivity index (χ2v) is 4.99. The standard InChI is InChI=1S/C11H18N4/c1-14-8-12-13-11(14)10-4-5-15(7-10)6-9-2-3-9/h8-10H,2-7H2,1H3/t10-/m1/s1. The number of likely N-dealkylation sites (tertiary alicyclic amines) is 1. The van der Waals surface area contributed by atoms with Crippen molar-refractivity contribution in [2.75, 3.05) is 19.6 Å². The topological polar surface area (TPSA) is 34.0 Å². The zero-order valence-electron chi connectivity index (χ0n) is 9.26. The first-order valence-corrected chi connectivity index (χ1v) is 5.89. The number of aryl methyl sites for hydroxylation is 1. The molecule has 1 aromatic heterocycles. The van der Waals surface area contributed by atoms with Crippen LogP contribution in [0.1, 0.15) is 31.0 Å². The van der Waals surface area contributed by atoms with E-state index < -0.39 is 0 Å². The van der Waals surface area contributed by atoms with E-state index in [1.807, 2.05) is 7.05 Å². The molecule has 2 aliphatic rings. The zero-order valence-corrected chi connectivity index (χ0v) is 9.26. The zero-order chi connectivity index (χ0) is 10.3. The lowest BCUT2D eigenvalue weighted by Gasteiger charge is -2.14. The molecule has 0 bridgehead atoms. The van der Waals surface area contributed by atoms with Gasteiger partial charge in [-0.2, -0.15) is 0 Å². The van der Waals surface area contributed by atoms with Crippen molar-refractivity contribution in [2.24, 2.45) is 13.0 Å². The Hall–Kier alpha value is -0.900. The Morgan fingerprint density at radius 3 is 2.93 bits per heavy atom. The summed E-state index contributed by atoms with van der Waals surface area (Å²) in [7, 11) is 2.04. The third-order valence-corrected chi connectivity index (χ3v) is 3.60. The van der Waals surface area contributed by atoms with Gasteiger partial charge in [0.25, 0.3) is 0 Å². The molecule has 2 fully saturated rings. The number of hydrogen-bond donors (Lipinski definition) is 0. The Morgan fingerprint density at radius 2 is 2.27 bits per heavy atom. The summed E-state index contributed by atoms with van der Waals surface area (Å²) in [5, 5.41) is 8.17. The summed E-state index contributed by atoms with van der Waals surface area (Å²) >= 11 is 0. The van der Waals surface area contributed by atoms with E-state index in [1.54, 1.807) is 6.33 Å². The molecule has 0 unspecified atom stereocenters. The third-order valence-electron chi connectivity index (χ3n) is 3.60. The maximum atomic E-state index is 4.21. The molecule has 0 aromatic carbocycles. The van der Waals surface area contributed by atoms with Crippen LogP contribution in [0.3, 0.4) is 0 Å². The summed E-state index contributed by atoms with van der Waals surface area (Å²) in [4.78, 5) is 2.59. The normalized spacial score (nSPS) is 27.4. The lowest BCUT2D eigenvalue weighted by Crippen LogP contribution is -2.23. The van der Waals surface area contributed by atoms with Gasteiger partial charge >= 0.3 is 0 Å². The van der Waals surface area contributed by atoms with Gasteiger partial charge in [0.15, 0.2) is 0 Å². The van der Waals surface area contributed by atoms with Crippen LogP contribution < -0.4 is 0 Å². The molecule has 1 aliphatic heterocycles. The molecule has 1 atom stereocenters. The smallest absolute Gasteiger partial charge is 0.136 e. The van der Waals surface area contributed by atoms with Crippen LogP contribution in [0.25, 0.3) is 0 Å². The summed E-state index contributed by atoms with van der Waals surface area (Å²) in [6.45, 7) is 3.74. The van der Waals surface area contributed by atoms with Gasteiger partial charge in [-0.15, -0.1) is 10.2 Å². The minimum Gasteiger partial charge on any atom is -0.320 e. The molecule has 1 saturated carbocycles. The fourth-order valence-corrected chi connectivity index (χ4v) is 2.54. The summed E-state index contributed by atoms with van der Waals surface area (Å²) < 4.78 is 2.06. The summed E-state index contributed by atoms with van der Waals surface area (Å²) in [6.07, 6.45) is 5.95. The van der Waals surface area contributed by atoms with Gasteiger partial charge in [0.05, 0.1) is 0 Å². The highest BCUT2D eigenvalue weighted by Gasteiger charge is 2.31. The Bertz CT molecular complexity index is 342. The molecular formula is C11H18N4. The van der Waals surface area contributed by atoms with E-state index in [-0.39, 0.29) is 0 Å². The molecule has 2 heterocycles. The average molecular weight is 206 g/mol. The van der Waals surface area contributed by atoms with E-state index in [9.17, 15) is 0 Å². The molecular weight excluding hydrogens is 188 g/mol. The van der Waals surface area contributed by atoms with Crippen LogP contribution >= 0.6 is 0 Å². The highest BCUT2D eigenvalue weighted by molar-refractivity contribution is 5.01. The van der Waals surface area contributed by atoms with Crippen LogP contribution in [-0.4, -0.2) is 39.3 Å². The van der Waals surface area contributed by atoms with Gasteiger partial charge in [0, 0.05) is 26.1 Å². The van der Waals surface area contributed by atoms with Crippen molar-refractivity contribution in [1.29, 1.82) is 0 Å². The van der Waals surface area contributed by atoms with Gasteiger partial charge < -0.3 is 9.47 Å². The molecule has 1 saturated heterocycles. The van der Waals surface area contributed by atoms with Gasteiger partial charge in [-0.05, 0) is 31.7 Å². The van der Waals surface area contributed by atoms with Crippen LogP contribution in [0.5, 0.6) is 0 Å². The molecule has 4 heteroatoms. The van der Waals surface area contributed by atoms with Gasteiger partial charge in [-0.1, -0.05) is 0 Å². The third kappa shape index (κ3) is 1.91. The minimum absolute atomic E-state index is 0.608. The van der Waals surface area contributed by atoms with Crippen LogP contribution in [-0.2, 0) is 7.05 Å². The van der Waals surface area contributed by atoms with E-state index in [0.29, 0.717) is 5.92 Å². The lowest BCUT2D eigenvalue weighted by atomic mass is 10.1. The molecule has 0 N–H and O–H groups in total. The first-order valence-electron chi connectivity index (χ1n) is 5.89. The van der Waals surface area contributed by atoms with Crippen molar-refractivity contribution in [1.82, 2.24) is 19.7 Å². The monoisotopic (exact) mass is 206 g/mol. The molecule has 1 aliphatic carbocycles. The van der Waals surface area contributed by atoms with Crippen molar-refractivity contribution in [2.45, 2.75) is 25.2 Å². The molecule has 15 heavy (non-hydrogen) atoms. The van der Waals surface area contributed by atoms with Crippen LogP contribution in [0, 0.1) is 5.92 Å². The first-order chi connectivity index (χ1) is 7.33. The second-order valence-electron chi connectivity index (χ2n) is 4.99. The Kier molecular flexibility index (Phi) is 2.24. The fourth-order valence-electron chi connectivity index (χ4n) is 2.54. The lowest BCUT2D eigenvalue weighted by molar-refractivity contribution is 0.319. The van der Waals surface area contributed by atoms with E-state index in [0.717, 1.165) is 11.7 Å². The highest BCUT2D eigenvalue weighted by atomic mass is 15.3. The SMILES string of the molecule is Cn1cnnc1[C@@H]1CCN(CC2CC2)C1. The van der Waals surface area contributed by atoms with E-state index >= 15 is 0 Å². The summed E-state index contributed by atoms with van der Waals surface area (Å²) in [5.74, 6) is 2.77. The maximum Gasteiger partial charge on any atom is 0.136 e. The Labute approximate surface area is 90.3 Å². The number of hydrogen-bond acceptors (Lipinski definition) is 3. The number of rotatable bonds is 3. The Balaban J connectivity index is 1.62. The molecule has 4 nitrogen and oxygen atoms in total. The van der Waals surface area contributed by atoms with Crippen molar-refractivity contribution in [3.8, 4) is 0 Å². The molecule has 3 rings (SSSR count). The highest BCUT2D eigenvalue weighted by Crippen LogP contribution is 2.33. The fraction of sp³-hybridized carbons (Fsp3) is 0.818. The predicted molar refractivity (Wildman–Crippen MR) is 57.5 cm³/mol. The van der Waals surface area contributed by atoms with Crippen LogP contribution in [0.2, 0.25) is 0 Å². The van der Waals surface area contributed by atoms with Crippen molar-refractivity contribution < 1.29 is 0 Å². The van der Waals surface area contributed by atoms with Gasteiger partial charge in [0.1, 0.15) is 12.2 Å². The molecule has 0 radical (unpaired) electrons. The number of aromatic nitrogens is 3. The maximum absolute atomic E-state index is 4.21. The van der Waals surface area contributed by atoms with Gasteiger partial charge in [-0.25, -0.2) is 0 Å². The van der Waals surface area contributed by atoms with Gasteiger partial charge in [0.2, 0.25) is 0 Å². The average Bonchev–Trinajstić information content (AvgIpc) is 2.74. The predicted octanol–water partition coefficient (Wildman–Crippen LogP) is 1.01. The molecule has 1 aromatic rings. The van der Waals surface area contributed by atoms with Crippen LogP contribution in [0.4, 0.5) is 0 Å². The van der Waals surface area contributed by atoms with Crippen molar-refractivity contribution in [3.05, 3.63) is 12.2 Å². The van der Waals surface area contributed by atoms with Crippen molar-refractivity contribution >= 4 is 0 Å². The first kappa shape index (κ1) is 9.33. The number of nitrogens with zero attached hydrogens (tertiary/aromatic N) is 4. The van der Waals surface area contributed by atoms with E-state index in [2.05, 4.69) is 19.7 Å². The molecule has 82 valence electrons. The summed E-state index contributed by atoms with van der Waals surface area (Å²) in [5.41, 5.74) is 0. The quantitative estimate of drug-likeness (QED) is 0.740. The van der Waals surface area contributed by atoms with Crippen LogP contribution in [0.15, 0.2) is 6.33 Å². The summed E-state index contributed by atoms with van der Waals surface area (Å²) in [6, 6.07) is 0. The van der Waals surface area contributed by atoms with Crippen molar-refractivity contribution in [3.63, 3.8) is 0 Å². The Morgan fingerprint density at radius 1 is 1.40 bits per heavy atom.